The van der Waals surface area contributed by atoms with Gasteiger partial charge in [0, 0.05) is 18.5 Å². The molecule has 0 bridgehead atoms. The highest BCUT2D eigenvalue weighted by atomic mass is 16.6. The maximum Gasteiger partial charge on any atom is 0.322 e. The number of methoxy groups -OCH3 is 1. The van der Waals surface area contributed by atoms with Crippen molar-refractivity contribution in [2.24, 2.45) is 0 Å². The largest absolute Gasteiger partial charge is 0.493 e. The van der Waals surface area contributed by atoms with E-state index in [0.29, 0.717) is 11.8 Å². The van der Waals surface area contributed by atoms with Crippen LogP contribution in [-0.4, -0.2) is 28.3 Å². The fraction of sp³-hybridized carbons (Fsp3) is 0.0833. The van der Waals surface area contributed by atoms with Crippen molar-refractivity contribution in [1.29, 1.82) is 0 Å². The van der Waals surface area contributed by atoms with Gasteiger partial charge >= 0.3 is 6.01 Å². The van der Waals surface area contributed by atoms with Gasteiger partial charge in [-0.1, -0.05) is 0 Å². The van der Waals surface area contributed by atoms with Gasteiger partial charge in [-0.2, -0.15) is 0 Å². The normalized spacial score (nSPS) is 9.85. The first-order chi connectivity index (χ1) is 9.63. The van der Waals surface area contributed by atoms with Crippen LogP contribution in [0.4, 0.5) is 5.69 Å². The number of carbonyl (C=O) groups excluding carboxylic acids is 1. The smallest absolute Gasteiger partial charge is 0.322 e. The number of aldehydes is 1. The second kappa shape index (κ2) is 5.74. The molecule has 0 spiro atoms. The van der Waals surface area contributed by atoms with E-state index in [-0.39, 0.29) is 23.2 Å². The van der Waals surface area contributed by atoms with E-state index in [9.17, 15) is 14.9 Å². The molecule has 0 unspecified atom stereocenters. The molecule has 1 aromatic heterocycles. The third-order valence-corrected chi connectivity index (χ3v) is 2.34. The molecule has 1 aromatic carbocycles. The molecular weight excluding hydrogens is 266 g/mol. The summed E-state index contributed by atoms with van der Waals surface area (Å²) in [5, 5.41) is 10.7. The Morgan fingerprint density at radius 1 is 1.25 bits per heavy atom. The van der Waals surface area contributed by atoms with Crippen molar-refractivity contribution in [2.75, 3.05) is 7.11 Å². The Hall–Kier alpha value is -3.03. The van der Waals surface area contributed by atoms with Crippen molar-refractivity contribution in [3.63, 3.8) is 0 Å². The highest BCUT2D eigenvalue weighted by Crippen LogP contribution is 2.33. The molecule has 0 aliphatic rings. The number of nitro groups is 1. The second-order valence-electron chi connectivity index (χ2n) is 3.61. The van der Waals surface area contributed by atoms with Crippen LogP contribution in [0.1, 0.15) is 10.4 Å². The fourth-order valence-corrected chi connectivity index (χ4v) is 1.39. The van der Waals surface area contributed by atoms with Crippen molar-refractivity contribution in [1.82, 2.24) is 9.97 Å². The molecule has 8 heteroatoms. The Morgan fingerprint density at radius 2 is 1.95 bits per heavy atom. The average molecular weight is 275 g/mol. The number of hydrogen-bond donors (Lipinski definition) is 0. The van der Waals surface area contributed by atoms with Crippen LogP contribution in [0.3, 0.4) is 0 Å². The summed E-state index contributed by atoms with van der Waals surface area (Å²) in [4.78, 5) is 28.2. The van der Waals surface area contributed by atoms with E-state index in [1.165, 1.54) is 37.7 Å². The number of benzene rings is 1. The molecule has 0 amide bonds. The molecule has 0 atom stereocenters. The minimum atomic E-state index is -0.540. The third-order valence-electron chi connectivity index (χ3n) is 2.34. The van der Waals surface area contributed by atoms with Crippen LogP contribution in [-0.2, 0) is 0 Å². The predicted molar refractivity (Wildman–Crippen MR) is 67.1 cm³/mol. The standard InChI is InChI=1S/C12H9N3O5/c1-19-11-4-9(15(17)18)2-3-10(11)20-12-13-5-8(7-16)6-14-12/h2-7H,1H3. The third kappa shape index (κ3) is 2.86. The summed E-state index contributed by atoms with van der Waals surface area (Å²) in [6.07, 6.45) is 3.20. The first kappa shape index (κ1) is 13.4. The molecule has 8 nitrogen and oxygen atoms in total. The van der Waals surface area contributed by atoms with Gasteiger partial charge < -0.3 is 9.47 Å². The molecule has 102 valence electrons. The van der Waals surface area contributed by atoms with Crippen LogP contribution in [0, 0.1) is 10.1 Å². The van der Waals surface area contributed by atoms with E-state index in [1.807, 2.05) is 0 Å². The van der Waals surface area contributed by atoms with E-state index < -0.39 is 4.92 Å². The SMILES string of the molecule is COc1cc([N+](=O)[O-])ccc1Oc1ncc(C=O)cn1. The van der Waals surface area contributed by atoms with Crippen LogP contribution in [0.5, 0.6) is 17.5 Å². The summed E-state index contributed by atoms with van der Waals surface area (Å²) in [6.45, 7) is 0. The molecular formula is C12H9N3O5. The van der Waals surface area contributed by atoms with Crippen LogP contribution >= 0.6 is 0 Å². The molecule has 0 aliphatic carbocycles. The first-order valence-corrected chi connectivity index (χ1v) is 5.41. The number of nitrogens with zero attached hydrogens (tertiary/aromatic N) is 3. The van der Waals surface area contributed by atoms with Gasteiger partial charge in [-0.25, -0.2) is 9.97 Å². The molecule has 20 heavy (non-hydrogen) atoms. The topological polar surface area (TPSA) is 104 Å². The molecule has 0 N–H and O–H groups in total. The summed E-state index contributed by atoms with van der Waals surface area (Å²) in [7, 11) is 1.36. The van der Waals surface area contributed by atoms with Gasteiger partial charge in [0.2, 0.25) is 0 Å². The van der Waals surface area contributed by atoms with Crippen molar-refractivity contribution in [2.45, 2.75) is 0 Å². The number of aromatic nitrogens is 2. The van der Waals surface area contributed by atoms with E-state index in [4.69, 9.17) is 9.47 Å². The second-order valence-corrected chi connectivity index (χ2v) is 3.61. The van der Waals surface area contributed by atoms with Crippen LogP contribution in [0.2, 0.25) is 0 Å². The zero-order chi connectivity index (χ0) is 14.5. The number of rotatable bonds is 5. The maximum atomic E-state index is 10.7. The highest BCUT2D eigenvalue weighted by Gasteiger charge is 2.13. The highest BCUT2D eigenvalue weighted by molar-refractivity contribution is 5.73. The zero-order valence-electron chi connectivity index (χ0n) is 10.3. The van der Waals surface area contributed by atoms with Gasteiger partial charge in [-0.15, -0.1) is 0 Å². The van der Waals surface area contributed by atoms with Crippen LogP contribution < -0.4 is 9.47 Å². The quantitative estimate of drug-likeness (QED) is 0.466. The van der Waals surface area contributed by atoms with Crippen molar-refractivity contribution in [3.05, 3.63) is 46.3 Å². The van der Waals surface area contributed by atoms with Gasteiger partial charge in [0.05, 0.1) is 23.7 Å². The van der Waals surface area contributed by atoms with E-state index >= 15 is 0 Å². The summed E-state index contributed by atoms with van der Waals surface area (Å²) in [6, 6.07) is 3.89. The fourth-order valence-electron chi connectivity index (χ4n) is 1.39. The van der Waals surface area contributed by atoms with Crippen LogP contribution in [0.25, 0.3) is 0 Å². The lowest BCUT2D eigenvalue weighted by molar-refractivity contribution is -0.384. The molecule has 0 fully saturated rings. The number of carbonyl (C=O) groups is 1. The lowest BCUT2D eigenvalue weighted by atomic mass is 10.3. The Labute approximate surface area is 113 Å². The number of hydrogen-bond acceptors (Lipinski definition) is 7. The van der Waals surface area contributed by atoms with Gasteiger partial charge in [-0.05, 0) is 6.07 Å². The zero-order valence-corrected chi connectivity index (χ0v) is 10.3. The van der Waals surface area contributed by atoms with Crippen molar-refractivity contribution >= 4 is 12.0 Å². The van der Waals surface area contributed by atoms with Crippen molar-refractivity contribution in [3.8, 4) is 17.5 Å². The Balaban J connectivity index is 2.27. The van der Waals surface area contributed by atoms with Crippen LogP contribution in [0.15, 0.2) is 30.6 Å². The number of nitro benzene ring substituents is 1. The Kier molecular flexibility index (Phi) is 3.85. The summed E-state index contributed by atoms with van der Waals surface area (Å²) in [5.41, 5.74) is 0.194. The van der Waals surface area contributed by atoms with Gasteiger partial charge in [-0.3, -0.25) is 14.9 Å². The van der Waals surface area contributed by atoms with Gasteiger partial charge in [0.15, 0.2) is 17.8 Å². The molecule has 0 saturated carbocycles. The monoisotopic (exact) mass is 275 g/mol. The van der Waals surface area contributed by atoms with E-state index in [2.05, 4.69) is 9.97 Å². The van der Waals surface area contributed by atoms with Gasteiger partial charge in [0.25, 0.3) is 5.69 Å². The molecule has 2 rings (SSSR count). The predicted octanol–water partition coefficient (Wildman–Crippen LogP) is 2.00. The number of ether oxygens (including phenoxy) is 2. The Morgan fingerprint density at radius 3 is 2.50 bits per heavy atom. The lowest BCUT2D eigenvalue weighted by Gasteiger charge is -2.08. The molecule has 1 heterocycles. The summed E-state index contributed by atoms with van der Waals surface area (Å²) >= 11 is 0. The summed E-state index contributed by atoms with van der Waals surface area (Å²) in [5.74, 6) is 0.416. The average Bonchev–Trinajstić information content (AvgIpc) is 2.48. The van der Waals surface area contributed by atoms with Crippen molar-refractivity contribution < 1.29 is 19.2 Å². The molecule has 0 saturated heterocycles. The molecule has 2 aromatic rings. The lowest BCUT2D eigenvalue weighted by Crippen LogP contribution is -1.96. The number of non-ortho nitro benzene ring substituents is 1. The molecule has 0 radical (unpaired) electrons. The molecule has 0 aliphatic heterocycles. The Bertz CT molecular complexity index is 642. The maximum absolute atomic E-state index is 10.7. The first-order valence-electron chi connectivity index (χ1n) is 5.41. The van der Waals surface area contributed by atoms with Gasteiger partial charge in [0.1, 0.15) is 0 Å². The summed E-state index contributed by atoms with van der Waals surface area (Å²) < 4.78 is 10.4. The van der Waals surface area contributed by atoms with E-state index in [0.717, 1.165) is 0 Å². The minimum Gasteiger partial charge on any atom is -0.493 e. The minimum absolute atomic E-state index is 0.00255. The van der Waals surface area contributed by atoms with E-state index in [1.54, 1.807) is 0 Å².